The van der Waals surface area contributed by atoms with Crippen molar-refractivity contribution in [2.75, 3.05) is 6.61 Å². The summed E-state index contributed by atoms with van der Waals surface area (Å²) in [7, 11) is 0. The third-order valence-corrected chi connectivity index (χ3v) is 8.35. The van der Waals surface area contributed by atoms with Crippen LogP contribution in [-0.4, -0.2) is 18.0 Å². The van der Waals surface area contributed by atoms with Crippen molar-refractivity contribution < 1.29 is 9.53 Å². The van der Waals surface area contributed by atoms with Gasteiger partial charge in [-0.1, -0.05) is 6.92 Å². The molecule has 0 aromatic heterocycles. The maximum absolute atomic E-state index is 12.4. The lowest BCUT2D eigenvalue weighted by atomic mass is 9.50. The van der Waals surface area contributed by atoms with Gasteiger partial charge in [0, 0.05) is 11.8 Å². The molecule has 0 bridgehead atoms. The van der Waals surface area contributed by atoms with Crippen LogP contribution in [0.25, 0.3) is 0 Å². The number of ether oxygens (including phenoxy) is 1. The van der Waals surface area contributed by atoms with E-state index >= 15 is 0 Å². The van der Waals surface area contributed by atoms with Crippen molar-refractivity contribution in [3.63, 3.8) is 0 Å². The first-order chi connectivity index (χ1) is 10.1. The summed E-state index contributed by atoms with van der Waals surface area (Å²) in [4.78, 5) is 12.4. The number of ketones is 1. The second-order valence-electron chi connectivity index (χ2n) is 9.07. The minimum Gasteiger partial charge on any atom is -0.370 e. The van der Waals surface area contributed by atoms with Gasteiger partial charge in [0.2, 0.25) is 0 Å². The number of rotatable bonds is 0. The Hall–Kier alpha value is -0.370. The maximum atomic E-state index is 12.4. The maximum Gasteiger partial charge on any atom is 0.139 e. The van der Waals surface area contributed by atoms with Crippen molar-refractivity contribution in [3.8, 4) is 0 Å². The van der Waals surface area contributed by atoms with E-state index in [9.17, 15) is 4.79 Å². The third-order valence-electron chi connectivity index (χ3n) is 8.35. The molecule has 5 rings (SSSR count). The van der Waals surface area contributed by atoms with Crippen LogP contribution < -0.4 is 0 Å². The Labute approximate surface area is 128 Å². The van der Waals surface area contributed by atoms with Gasteiger partial charge in [-0.25, -0.2) is 0 Å². The van der Waals surface area contributed by atoms with E-state index in [4.69, 9.17) is 4.74 Å². The van der Waals surface area contributed by atoms with E-state index in [-0.39, 0.29) is 5.41 Å². The molecule has 0 aromatic carbocycles. The minimum absolute atomic E-state index is 0.0590. The van der Waals surface area contributed by atoms with Crippen molar-refractivity contribution in [1.29, 1.82) is 0 Å². The summed E-state index contributed by atoms with van der Waals surface area (Å²) in [6.45, 7) is 3.34. The molecule has 2 unspecified atom stereocenters. The molecule has 0 amide bonds. The molecule has 0 aromatic rings. The van der Waals surface area contributed by atoms with Crippen LogP contribution in [-0.2, 0) is 9.53 Å². The van der Waals surface area contributed by atoms with Crippen LogP contribution in [0.4, 0.5) is 0 Å². The summed E-state index contributed by atoms with van der Waals surface area (Å²) in [5, 5.41) is 0. The van der Waals surface area contributed by atoms with Gasteiger partial charge >= 0.3 is 0 Å². The number of carbonyl (C=O) groups excluding carboxylic acids is 1. The molecule has 2 heteroatoms. The first-order valence-corrected chi connectivity index (χ1v) is 9.29. The topological polar surface area (TPSA) is 29.6 Å². The fourth-order valence-electron chi connectivity index (χ4n) is 7.08. The molecule has 2 nitrogen and oxygen atoms in total. The molecule has 1 saturated heterocycles. The molecule has 116 valence electrons. The van der Waals surface area contributed by atoms with E-state index in [0.29, 0.717) is 11.4 Å². The molecule has 5 aliphatic rings. The lowest BCUT2D eigenvalue weighted by molar-refractivity contribution is -0.133. The third kappa shape index (κ3) is 1.72. The Bertz CT molecular complexity index is 480. The highest BCUT2D eigenvalue weighted by Crippen LogP contribution is 2.63. The molecule has 1 spiro atoms. The predicted molar refractivity (Wildman–Crippen MR) is 80.8 cm³/mol. The predicted octanol–water partition coefficient (Wildman–Crippen LogP) is 3.98. The zero-order valence-corrected chi connectivity index (χ0v) is 13.3. The van der Waals surface area contributed by atoms with Gasteiger partial charge in [0.25, 0.3) is 0 Å². The second kappa shape index (κ2) is 4.13. The van der Waals surface area contributed by atoms with Crippen molar-refractivity contribution in [3.05, 3.63) is 0 Å². The molecular weight excluding hydrogens is 260 g/mol. The van der Waals surface area contributed by atoms with E-state index in [1.807, 2.05) is 0 Å². The van der Waals surface area contributed by atoms with Gasteiger partial charge < -0.3 is 4.74 Å². The SMILES string of the molecule is CC12CC[C@H]3C(CC[C@H]4C[C@]5(CC[C@@H]43)CO5)[C@@H]1CCC2=O. The van der Waals surface area contributed by atoms with E-state index in [2.05, 4.69) is 6.92 Å². The minimum atomic E-state index is 0.0590. The first kappa shape index (κ1) is 13.1. The Balaban J connectivity index is 1.40. The summed E-state index contributed by atoms with van der Waals surface area (Å²) in [6.07, 6.45) is 11.5. The smallest absolute Gasteiger partial charge is 0.139 e. The molecule has 4 aliphatic carbocycles. The summed E-state index contributed by atoms with van der Waals surface area (Å²) >= 11 is 0. The zero-order chi connectivity index (χ0) is 14.2. The quantitative estimate of drug-likeness (QED) is 0.631. The van der Waals surface area contributed by atoms with Crippen molar-refractivity contribution >= 4 is 5.78 Å². The zero-order valence-electron chi connectivity index (χ0n) is 13.3. The lowest BCUT2D eigenvalue weighted by Gasteiger charge is -2.54. The van der Waals surface area contributed by atoms with E-state index in [1.165, 1.54) is 51.4 Å². The Morgan fingerprint density at radius 2 is 1.81 bits per heavy atom. The highest BCUT2D eigenvalue weighted by molar-refractivity contribution is 5.87. The highest BCUT2D eigenvalue weighted by Gasteiger charge is 2.59. The standard InChI is InChI=1S/C19H28O2/c1-18-8-6-14-13-7-9-19(11-21-19)10-12(13)2-3-15(14)16(18)4-5-17(18)20/h12-16H,2-11H2,1H3/t12-,13-,14+,15?,16-,18?,19+/m0/s1. The second-order valence-corrected chi connectivity index (χ2v) is 9.07. The molecular formula is C19H28O2. The fourth-order valence-corrected chi connectivity index (χ4v) is 7.08. The Kier molecular flexibility index (Phi) is 2.58. The van der Waals surface area contributed by atoms with Crippen LogP contribution in [0.2, 0.25) is 0 Å². The van der Waals surface area contributed by atoms with Crippen molar-refractivity contribution in [2.45, 2.75) is 70.3 Å². The van der Waals surface area contributed by atoms with Crippen LogP contribution in [0, 0.1) is 35.0 Å². The molecule has 7 atom stereocenters. The fraction of sp³-hybridized carbons (Fsp3) is 0.947. The molecule has 0 radical (unpaired) electrons. The van der Waals surface area contributed by atoms with Gasteiger partial charge in [-0.3, -0.25) is 4.79 Å². The van der Waals surface area contributed by atoms with Crippen LogP contribution >= 0.6 is 0 Å². The lowest BCUT2D eigenvalue weighted by Crippen LogP contribution is -2.49. The molecule has 0 N–H and O–H groups in total. The number of fused-ring (bicyclic) bond motifs is 5. The number of epoxide rings is 1. The van der Waals surface area contributed by atoms with Gasteiger partial charge in [-0.05, 0) is 81.0 Å². The van der Waals surface area contributed by atoms with Crippen molar-refractivity contribution in [2.24, 2.45) is 35.0 Å². The van der Waals surface area contributed by atoms with Crippen LogP contribution in [0.3, 0.4) is 0 Å². The molecule has 1 aliphatic heterocycles. The van der Waals surface area contributed by atoms with Crippen LogP contribution in [0.5, 0.6) is 0 Å². The van der Waals surface area contributed by atoms with Gasteiger partial charge in [-0.15, -0.1) is 0 Å². The number of hydrogen-bond donors (Lipinski definition) is 0. The largest absolute Gasteiger partial charge is 0.370 e. The Morgan fingerprint density at radius 3 is 2.62 bits per heavy atom. The first-order valence-electron chi connectivity index (χ1n) is 9.29. The Morgan fingerprint density at radius 1 is 1.00 bits per heavy atom. The van der Waals surface area contributed by atoms with Crippen LogP contribution in [0.15, 0.2) is 0 Å². The summed E-state index contributed by atoms with van der Waals surface area (Å²) in [5.74, 6) is 5.00. The normalized spacial score (nSPS) is 58.5. The molecule has 4 saturated carbocycles. The number of carbonyl (C=O) groups is 1. The van der Waals surface area contributed by atoms with Gasteiger partial charge in [0.15, 0.2) is 0 Å². The van der Waals surface area contributed by atoms with Gasteiger partial charge in [0.05, 0.1) is 12.2 Å². The van der Waals surface area contributed by atoms with E-state index in [0.717, 1.165) is 42.6 Å². The summed E-state index contributed by atoms with van der Waals surface area (Å²) in [5.41, 5.74) is 0.393. The van der Waals surface area contributed by atoms with Gasteiger partial charge in [0.1, 0.15) is 5.78 Å². The highest BCUT2D eigenvalue weighted by atomic mass is 16.6. The monoisotopic (exact) mass is 288 g/mol. The number of hydrogen-bond acceptors (Lipinski definition) is 2. The molecule has 1 heterocycles. The van der Waals surface area contributed by atoms with E-state index in [1.54, 1.807) is 0 Å². The summed E-state index contributed by atoms with van der Waals surface area (Å²) in [6, 6.07) is 0. The number of Topliss-reactive ketones (excluding diaryl/α,β-unsaturated/α-hetero) is 1. The average Bonchev–Trinajstić information content (AvgIpc) is 3.16. The van der Waals surface area contributed by atoms with Crippen molar-refractivity contribution in [1.82, 2.24) is 0 Å². The van der Waals surface area contributed by atoms with Crippen LogP contribution in [0.1, 0.15) is 64.7 Å². The molecule has 5 fully saturated rings. The average molecular weight is 288 g/mol. The van der Waals surface area contributed by atoms with E-state index < -0.39 is 0 Å². The van der Waals surface area contributed by atoms with Gasteiger partial charge in [-0.2, -0.15) is 0 Å². The molecule has 21 heavy (non-hydrogen) atoms. The summed E-state index contributed by atoms with van der Waals surface area (Å²) < 4.78 is 5.78.